The minimum atomic E-state index is -0.903. The van der Waals surface area contributed by atoms with Gasteiger partial charge in [0.15, 0.2) is 0 Å². The van der Waals surface area contributed by atoms with Crippen LogP contribution >= 0.6 is 0 Å². The molecule has 0 bridgehead atoms. The van der Waals surface area contributed by atoms with Crippen molar-refractivity contribution in [1.82, 2.24) is 5.32 Å². The quantitative estimate of drug-likeness (QED) is 0.869. The smallest absolute Gasteiger partial charge is 0.252 e. The summed E-state index contributed by atoms with van der Waals surface area (Å²) in [7, 11) is 0. The summed E-state index contributed by atoms with van der Waals surface area (Å²) in [4.78, 5) is 12.1. The van der Waals surface area contributed by atoms with Crippen molar-refractivity contribution < 1.29 is 9.90 Å². The highest BCUT2D eigenvalue weighted by Gasteiger charge is 2.15. The Morgan fingerprint density at radius 1 is 1.17 bits per heavy atom. The fraction of sp³-hybridized carbons (Fsp3) is 0.267. The number of aliphatic hydroxyl groups is 1. The van der Waals surface area contributed by atoms with Gasteiger partial charge in [0, 0.05) is 12.1 Å². The van der Waals surface area contributed by atoms with E-state index in [-0.39, 0.29) is 12.5 Å². The lowest BCUT2D eigenvalue weighted by Gasteiger charge is -2.18. The fourth-order valence-corrected chi connectivity index (χ4v) is 1.82. The van der Waals surface area contributed by atoms with Gasteiger partial charge >= 0.3 is 0 Å². The second-order valence-electron chi connectivity index (χ2n) is 5.02. The summed E-state index contributed by atoms with van der Waals surface area (Å²) in [5, 5.41) is 14.3. The Morgan fingerprint density at radius 2 is 1.83 bits per heavy atom. The monoisotopic (exact) mass is 243 g/mol. The van der Waals surface area contributed by atoms with Gasteiger partial charge in [0.1, 0.15) is 0 Å². The highest BCUT2D eigenvalue weighted by Crippen LogP contribution is 2.18. The Labute approximate surface area is 106 Å². The molecule has 2 rings (SSSR count). The molecule has 0 saturated carbocycles. The molecule has 0 aliphatic rings. The molecule has 0 unspecified atom stereocenters. The van der Waals surface area contributed by atoms with E-state index in [0.717, 1.165) is 10.8 Å². The summed E-state index contributed by atoms with van der Waals surface area (Å²) in [5.41, 5.74) is -0.266. The van der Waals surface area contributed by atoms with Crippen molar-refractivity contribution in [3.05, 3.63) is 48.0 Å². The second kappa shape index (κ2) is 4.78. The van der Waals surface area contributed by atoms with Gasteiger partial charge in [-0.2, -0.15) is 0 Å². The summed E-state index contributed by atoms with van der Waals surface area (Å²) in [5.74, 6) is -0.158. The van der Waals surface area contributed by atoms with Crippen molar-refractivity contribution in [3.8, 4) is 0 Å². The van der Waals surface area contributed by atoms with Gasteiger partial charge < -0.3 is 10.4 Å². The van der Waals surface area contributed by atoms with Crippen LogP contribution in [0.25, 0.3) is 10.8 Å². The largest absolute Gasteiger partial charge is 0.389 e. The van der Waals surface area contributed by atoms with E-state index in [0.29, 0.717) is 5.56 Å². The topological polar surface area (TPSA) is 49.3 Å². The van der Waals surface area contributed by atoms with Crippen LogP contribution in [0.15, 0.2) is 42.5 Å². The number of hydrogen-bond acceptors (Lipinski definition) is 2. The molecule has 18 heavy (non-hydrogen) atoms. The van der Waals surface area contributed by atoms with Crippen molar-refractivity contribution in [2.24, 2.45) is 0 Å². The van der Waals surface area contributed by atoms with Crippen molar-refractivity contribution in [2.75, 3.05) is 6.54 Å². The van der Waals surface area contributed by atoms with Crippen molar-refractivity contribution in [1.29, 1.82) is 0 Å². The van der Waals surface area contributed by atoms with Crippen LogP contribution in [0.1, 0.15) is 24.2 Å². The number of fused-ring (bicyclic) bond motifs is 1. The van der Waals surface area contributed by atoms with Crippen LogP contribution in [0, 0.1) is 0 Å². The maximum atomic E-state index is 12.1. The zero-order valence-corrected chi connectivity index (χ0v) is 10.6. The highest BCUT2D eigenvalue weighted by atomic mass is 16.3. The van der Waals surface area contributed by atoms with Gasteiger partial charge in [-0.05, 0) is 30.7 Å². The minimum absolute atomic E-state index is 0.158. The predicted octanol–water partition coefficient (Wildman–Crippen LogP) is 2.34. The van der Waals surface area contributed by atoms with E-state index >= 15 is 0 Å². The number of amides is 1. The molecule has 0 saturated heterocycles. The minimum Gasteiger partial charge on any atom is -0.389 e. The van der Waals surface area contributed by atoms with Crippen LogP contribution in [-0.4, -0.2) is 23.2 Å². The van der Waals surface area contributed by atoms with Gasteiger partial charge in [-0.15, -0.1) is 0 Å². The Balaban J connectivity index is 2.28. The van der Waals surface area contributed by atoms with Crippen molar-refractivity contribution >= 4 is 16.7 Å². The average molecular weight is 243 g/mol. The summed E-state index contributed by atoms with van der Waals surface area (Å²) < 4.78 is 0. The zero-order chi connectivity index (χ0) is 13.2. The molecule has 94 valence electrons. The van der Waals surface area contributed by atoms with Crippen LogP contribution in [0.3, 0.4) is 0 Å². The van der Waals surface area contributed by atoms with E-state index in [1.54, 1.807) is 19.9 Å². The van der Waals surface area contributed by atoms with Crippen LogP contribution in [0.2, 0.25) is 0 Å². The van der Waals surface area contributed by atoms with E-state index in [9.17, 15) is 9.90 Å². The molecule has 0 aliphatic heterocycles. The Kier molecular flexibility index (Phi) is 3.34. The van der Waals surface area contributed by atoms with Gasteiger partial charge in [-0.25, -0.2) is 0 Å². The standard InChI is InChI=1S/C15H17NO2/c1-15(2,18)10-16-14(17)13-9-5-7-11-6-3-4-8-12(11)13/h3-9,18H,10H2,1-2H3,(H,16,17). The first kappa shape index (κ1) is 12.6. The molecular formula is C15H17NO2. The number of benzene rings is 2. The number of rotatable bonds is 3. The fourth-order valence-electron chi connectivity index (χ4n) is 1.82. The van der Waals surface area contributed by atoms with E-state index in [2.05, 4.69) is 5.32 Å². The molecule has 0 aliphatic carbocycles. The molecule has 0 atom stereocenters. The number of carbonyl (C=O) groups is 1. The van der Waals surface area contributed by atoms with Gasteiger partial charge in [0.25, 0.3) is 5.91 Å². The Bertz CT molecular complexity index is 565. The van der Waals surface area contributed by atoms with Crippen LogP contribution in [0.5, 0.6) is 0 Å². The molecule has 2 N–H and O–H groups in total. The van der Waals surface area contributed by atoms with Crippen LogP contribution < -0.4 is 5.32 Å². The van der Waals surface area contributed by atoms with E-state index in [1.807, 2.05) is 36.4 Å². The predicted molar refractivity (Wildman–Crippen MR) is 72.6 cm³/mol. The summed E-state index contributed by atoms with van der Waals surface area (Å²) in [6, 6.07) is 13.4. The molecule has 0 aromatic heterocycles. The number of nitrogens with one attached hydrogen (secondary N) is 1. The Hall–Kier alpha value is -1.87. The molecule has 0 spiro atoms. The van der Waals surface area contributed by atoms with Gasteiger partial charge in [0.05, 0.1) is 5.60 Å². The summed E-state index contributed by atoms with van der Waals surface area (Å²) >= 11 is 0. The number of carbonyl (C=O) groups excluding carboxylic acids is 1. The molecule has 0 fully saturated rings. The van der Waals surface area contributed by atoms with Crippen molar-refractivity contribution in [2.45, 2.75) is 19.4 Å². The average Bonchev–Trinajstić information content (AvgIpc) is 2.34. The second-order valence-corrected chi connectivity index (χ2v) is 5.02. The summed E-state index contributed by atoms with van der Waals surface area (Å²) in [6.07, 6.45) is 0. The molecule has 0 heterocycles. The third kappa shape index (κ3) is 2.87. The Morgan fingerprint density at radius 3 is 2.56 bits per heavy atom. The van der Waals surface area contributed by atoms with Gasteiger partial charge in [-0.1, -0.05) is 36.4 Å². The van der Waals surface area contributed by atoms with E-state index in [4.69, 9.17) is 0 Å². The molecule has 0 radical (unpaired) electrons. The summed E-state index contributed by atoms with van der Waals surface area (Å²) in [6.45, 7) is 3.56. The molecule has 3 heteroatoms. The lowest BCUT2D eigenvalue weighted by molar-refractivity contribution is 0.0695. The first-order chi connectivity index (χ1) is 8.47. The molecule has 3 nitrogen and oxygen atoms in total. The molecule has 1 amide bonds. The van der Waals surface area contributed by atoms with Gasteiger partial charge in [0.2, 0.25) is 0 Å². The SMILES string of the molecule is CC(C)(O)CNC(=O)c1cccc2ccccc12. The third-order valence-electron chi connectivity index (χ3n) is 2.72. The van der Waals surface area contributed by atoms with E-state index in [1.165, 1.54) is 0 Å². The van der Waals surface area contributed by atoms with Crippen molar-refractivity contribution in [3.63, 3.8) is 0 Å². The van der Waals surface area contributed by atoms with E-state index < -0.39 is 5.60 Å². The molecule has 2 aromatic rings. The zero-order valence-electron chi connectivity index (χ0n) is 10.6. The molecule has 2 aromatic carbocycles. The van der Waals surface area contributed by atoms with Crippen LogP contribution in [0.4, 0.5) is 0 Å². The third-order valence-corrected chi connectivity index (χ3v) is 2.72. The maximum Gasteiger partial charge on any atom is 0.252 e. The first-order valence-corrected chi connectivity index (χ1v) is 5.96. The normalized spacial score (nSPS) is 11.5. The van der Waals surface area contributed by atoms with Crippen LogP contribution in [-0.2, 0) is 0 Å². The number of hydrogen-bond donors (Lipinski definition) is 2. The lowest BCUT2D eigenvalue weighted by Crippen LogP contribution is -2.38. The van der Waals surface area contributed by atoms with Gasteiger partial charge in [-0.3, -0.25) is 4.79 Å². The lowest BCUT2D eigenvalue weighted by atomic mass is 10.0. The molecular weight excluding hydrogens is 226 g/mol. The first-order valence-electron chi connectivity index (χ1n) is 5.96. The maximum absolute atomic E-state index is 12.1. The highest BCUT2D eigenvalue weighted by molar-refractivity contribution is 6.07.